The fourth-order valence-electron chi connectivity index (χ4n) is 1.48. The van der Waals surface area contributed by atoms with Crippen LogP contribution >= 0.6 is 0 Å². The fourth-order valence-corrected chi connectivity index (χ4v) is 1.48. The van der Waals surface area contributed by atoms with E-state index in [0.717, 1.165) is 25.1 Å². The molecule has 1 fully saturated rings. The first-order valence-corrected chi connectivity index (χ1v) is 6.18. The lowest BCUT2D eigenvalue weighted by Crippen LogP contribution is -2.37. The molecule has 3 N–H and O–H groups in total. The van der Waals surface area contributed by atoms with E-state index in [-0.39, 0.29) is 18.3 Å². The van der Waals surface area contributed by atoms with Gasteiger partial charge in [0.25, 0.3) is 5.91 Å². The maximum atomic E-state index is 11.6. The predicted octanol–water partition coefficient (Wildman–Crippen LogP) is -0.0619. The summed E-state index contributed by atoms with van der Waals surface area (Å²) >= 11 is 0. The largest absolute Gasteiger partial charge is 0.355 e. The third kappa shape index (κ3) is 3.28. The van der Waals surface area contributed by atoms with E-state index in [1.54, 1.807) is 0 Å². The van der Waals surface area contributed by atoms with Gasteiger partial charge in [0.05, 0.1) is 6.54 Å². The van der Waals surface area contributed by atoms with Crippen LogP contribution in [0.2, 0.25) is 0 Å². The molecular formula is C11H17N5O2. The number of nitrogens with zero attached hydrogens (tertiary/aromatic N) is 2. The molecule has 0 bridgehead atoms. The van der Waals surface area contributed by atoms with Gasteiger partial charge in [-0.15, -0.1) is 5.10 Å². The smallest absolute Gasteiger partial charge is 0.291 e. The molecule has 0 aromatic carbocycles. The first-order valence-electron chi connectivity index (χ1n) is 6.18. The van der Waals surface area contributed by atoms with Gasteiger partial charge in [-0.25, -0.2) is 4.98 Å². The zero-order chi connectivity index (χ0) is 13.0. The van der Waals surface area contributed by atoms with Crippen LogP contribution in [0, 0.1) is 0 Å². The summed E-state index contributed by atoms with van der Waals surface area (Å²) in [6, 6.07) is 0. The van der Waals surface area contributed by atoms with Crippen LogP contribution in [0.5, 0.6) is 0 Å². The Morgan fingerprint density at radius 1 is 1.39 bits per heavy atom. The topological polar surface area (TPSA) is 99.8 Å². The highest BCUT2D eigenvalue weighted by Gasteiger charge is 2.28. The third-order valence-corrected chi connectivity index (χ3v) is 2.65. The second kappa shape index (κ2) is 5.61. The molecule has 7 nitrogen and oxygen atoms in total. The van der Waals surface area contributed by atoms with Crippen molar-refractivity contribution in [2.75, 3.05) is 13.1 Å². The maximum Gasteiger partial charge on any atom is 0.291 e. The standard InChI is InChI=1S/C11H17N5O2/c1-2-5-12-8(17)6-13-11(18)10-14-9(15-16-10)7-3-4-7/h7H,2-6H2,1H3,(H,12,17)(H,13,18)(H,14,15,16). The van der Waals surface area contributed by atoms with Crippen molar-refractivity contribution < 1.29 is 9.59 Å². The number of aromatic amines is 1. The number of rotatable bonds is 6. The molecule has 1 aliphatic rings. The summed E-state index contributed by atoms with van der Waals surface area (Å²) in [4.78, 5) is 27.0. The number of hydrogen-bond donors (Lipinski definition) is 3. The van der Waals surface area contributed by atoms with E-state index in [0.29, 0.717) is 12.5 Å². The van der Waals surface area contributed by atoms with Gasteiger partial charge in [0.1, 0.15) is 5.82 Å². The van der Waals surface area contributed by atoms with E-state index in [4.69, 9.17) is 0 Å². The van der Waals surface area contributed by atoms with Crippen molar-refractivity contribution in [2.24, 2.45) is 0 Å². The zero-order valence-electron chi connectivity index (χ0n) is 10.3. The van der Waals surface area contributed by atoms with Gasteiger partial charge in [0.2, 0.25) is 11.7 Å². The van der Waals surface area contributed by atoms with E-state index < -0.39 is 5.91 Å². The molecule has 0 aliphatic heterocycles. The van der Waals surface area contributed by atoms with Crippen LogP contribution < -0.4 is 10.6 Å². The van der Waals surface area contributed by atoms with Crippen LogP contribution in [-0.2, 0) is 4.79 Å². The molecule has 2 rings (SSSR count). The summed E-state index contributed by atoms with van der Waals surface area (Å²) in [6.45, 7) is 2.53. The summed E-state index contributed by atoms with van der Waals surface area (Å²) in [6.07, 6.45) is 3.05. The Hall–Kier alpha value is -1.92. The average molecular weight is 251 g/mol. The summed E-state index contributed by atoms with van der Waals surface area (Å²) in [7, 11) is 0. The monoisotopic (exact) mass is 251 g/mol. The minimum atomic E-state index is -0.426. The van der Waals surface area contributed by atoms with Gasteiger partial charge in [-0.3, -0.25) is 14.7 Å². The van der Waals surface area contributed by atoms with Crippen molar-refractivity contribution in [3.8, 4) is 0 Å². The van der Waals surface area contributed by atoms with E-state index in [1.807, 2.05) is 6.92 Å². The van der Waals surface area contributed by atoms with Crippen molar-refractivity contribution in [3.63, 3.8) is 0 Å². The molecule has 1 aromatic heterocycles. The molecule has 1 aliphatic carbocycles. The highest BCUT2D eigenvalue weighted by molar-refractivity contribution is 5.93. The number of H-pyrrole nitrogens is 1. The lowest BCUT2D eigenvalue weighted by atomic mass is 10.4. The number of carbonyl (C=O) groups is 2. The normalized spacial score (nSPS) is 14.3. The lowest BCUT2D eigenvalue weighted by Gasteiger charge is -2.03. The van der Waals surface area contributed by atoms with Crippen LogP contribution in [0.1, 0.15) is 48.5 Å². The Labute approximate surface area is 105 Å². The average Bonchev–Trinajstić information content (AvgIpc) is 3.11. The molecule has 98 valence electrons. The number of amides is 2. The van der Waals surface area contributed by atoms with Gasteiger partial charge < -0.3 is 10.6 Å². The van der Waals surface area contributed by atoms with Crippen LogP contribution in [-0.4, -0.2) is 40.1 Å². The summed E-state index contributed by atoms with van der Waals surface area (Å²) in [5.74, 6) is 0.649. The summed E-state index contributed by atoms with van der Waals surface area (Å²) in [5, 5.41) is 11.7. The van der Waals surface area contributed by atoms with Crippen LogP contribution in [0.15, 0.2) is 0 Å². The van der Waals surface area contributed by atoms with E-state index in [1.165, 1.54) is 0 Å². The quantitative estimate of drug-likeness (QED) is 0.659. The molecular weight excluding hydrogens is 234 g/mol. The van der Waals surface area contributed by atoms with Gasteiger partial charge in [0.15, 0.2) is 0 Å². The maximum absolute atomic E-state index is 11.6. The SMILES string of the molecule is CCCNC(=O)CNC(=O)c1n[nH]c(C2CC2)n1. The number of carbonyl (C=O) groups excluding carboxylic acids is 2. The Balaban J connectivity index is 1.78. The molecule has 1 heterocycles. The zero-order valence-corrected chi connectivity index (χ0v) is 10.3. The molecule has 0 unspecified atom stereocenters. The fraction of sp³-hybridized carbons (Fsp3) is 0.636. The van der Waals surface area contributed by atoms with Crippen molar-refractivity contribution in [3.05, 3.63) is 11.6 Å². The Kier molecular flexibility index (Phi) is 3.91. The molecule has 0 spiro atoms. The number of hydrogen-bond acceptors (Lipinski definition) is 4. The Bertz CT molecular complexity index is 438. The van der Waals surface area contributed by atoms with Crippen molar-refractivity contribution in [2.45, 2.75) is 32.1 Å². The van der Waals surface area contributed by atoms with Gasteiger partial charge in [0, 0.05) is 12.5 Å². The highest BCUT2D eigenvalue weighted by atomic mass is 16.2. The van der Waals surface area contributed by atoms with Crippen molar-refractivity contribution >= 4 is 11.8 Å². The molecule has 0 atom stereocenters. The second-order valence-electron chi connectivity index (χ2n) is 4.35. The molecule has 0 saturated heterocycles. The predicted molar refractivity (Wildman–Crippen MR) is 64.0 cm³/mol. The molecule has 1 aromatic rings. The van der Waals surface area contributed by atoms with Crippen molar-refractivity contribution in [1.29, 1.82) is 0 Å². The van der Waals surface area contributed by atoms with Crippen LogP contribution in [0.3, 0.4) is 0 Å². The van der Waals surface area contributed by atoms with Gasteiger partial charge >= 0.3 is 0 Å². The second-order valence-corrected chi connectivity index (χ2v) is 4.35. The van der Waals surface area contributed by atoms with Gasteiger partial charge in [-0.1, -0.05) is 6.92 Å². The molecule has 18 heavy (non-hydrogen) atoms. The number of nitrogens with one attached hydrogen (secondary N) is 3. The van der Waals surface area contributed by atoms with E-state index >= 15 is 0 Å². The Morgan fingerprint density at radius 3 is 2.83 bits per heavy atom. The molecule has 1 saturated carbocycles. The van der Waals surface area contributed by atoms with Crippen molar-refractivity contribution in [1.82, 2.24) is 25.8 Å². The van der Waals surface area contributed by atoms with Crippen LogP contribution in [0.25, 0.3) is 0 Å². The summed E-state index contributed by atoms with van der Waals surface area (Å²) < 4.78 is 0. The molecule has 2 amide bonds. The first-order chi connectivity index (χ1) is 8.70. The Morgan fingerprint density at radius 2 is 2.17 bits per heavy atom. The third-order valence-electron chi connectivity index (χ3n) is 2.65. The molecule has 0 radical (unpaired) electrons. The minimum absolute atomic E-state index is 0.0495. The number of aromatic nitrogens is 3. The van der Waals surface area contributed by atoms with Gasteiger partial charge in [-0.2, -0.15) is 0 Å². The lowest BCUT2D eigenvalue weighted by molar-refractivity contribution is -0.120. The van der Waals surface area contributed by atoms with E-state index in [9.17, 15) is 9.59 Å². The molecule has 7 heteroatoms. The highest BCUT2D eigenvalue weighted by Crippen LogP contribution is 2.37. The van der Waals surface area contributed by atoms with Crippen LogP contribution in [0.4, 0.5) is 0 Å². The van der Waals surface area contributed by atoms with E-state index in [2.05, 4.69) is 25.8 Å². The summed E-state index contributed by atoms with van der Waals surface area (Å²) in [5.41, 5.74) is 0. The van der Waals surface area contributed by atoms with Gasteiger partial charge in [-0.05, 0) is 19.3 Å². The first kappa shape index (κ1) is 12.5. The minimum Gasteiger partial charge on any atom is -0.355 e.